The summed E-state index contributed by atoms with van der Waals surface area (Å²) in [4.78, 5) is 11.8. The molecule has 0 spiro atoms. The summed E-state index contributed by atoms with van der Waals surface area (Å²) in [5.74, 6) is 0.995. The highest BCUT2D eigenvalue weighted by molar-refractivity contribution is 6.64. The van der Waals surface area contributed by atoms with E-state index in [2.05, 4.69) is 0 Å². The van der Waals surface area contributed by atoms with Gasteiger partial charge in [-0.2, -0.15) is 0 Å². The van der Waals surface area contributed by atoms with Crippen LogP contribution in [-0.4, -0.2) is 44.9 Å². The molecule has 0 atom stereocenters. The molecule has 31 heavy (non-hydrogen) atoms. The Morgan fingerprint density at radius 1 is 0.968 bits per heavy atom. The van der Waals surface area contributed by atoms with E-state index in [1.165, 1.54) is 0 Å². The van der Waals surface area contributed by atoms with Crippen LogP contribution in [0.5, 0.6) is 11.5 Å². The second-order valence-electron chi connectivity index (χ2n) is 8.55. The minimum Gasteiger partial charge on any atom is -0.493 e. The maximum absolute atomic E-state index is 11.8. The van der Waals surface area contributed by atoms with Gasteiger partial charge >= 0.3 is 7.12 Å². The fourth-order valence-electron chi connectivity index (χ4n) is 3.31. The lowest BCUT2D eigenvalue weighted by Gasteiger charge is -2.32. The standard InChI is InChI=1S/C24H31BO6/c1-23(2)24(3,4)31-25(30-23)21-19(16-26)12-13-20(27-5)22(21)29-15-9-14-28-17-18-10-7-6-8-11-18/h6-8,10-13,16H,9,14-15,17H2,1-5H3. The van der Waals surface area contributed by atoms with Gasteiger partial charge in [-0.1, -0.05) is 30.3 Å². The van der Waals surface area contributed by atoms with Gasteiger partial charge in [-0.15, -0.1) is 0 Å². The molecule has 0 saturated carbocycles. The van der Waals surface area contributed by atoms with Gasteiger partial charge in [-0.25, -0.2) is 0 Å². The smallest absolute Gasteiger partial charge is 0.493 e. The van der Waals surface area contributed by atoms with Crippen molar-refractivity contribution in [3.8, 4) is 11.5 Å². The molecule has 0 aliphatic carbocycles. The van der Waals surface area contributed by atoms with E-state index in [1.807, 2.05) is 58.0 Å². The number of rotatable bonds is 10. The van der Waals surface area contributed by atoms with Crippen LogP contribution in [0.15, 0.2) is 42.5 Å². The van der Waals surface area contributed by atoms with Gasteiger partial charge in [-0.3, -0.25) is 4.79 Å². The Morgan fingerprint density at radius 3 is 2.26 bits per heavy atom. The summed E-state index contributed by atoms with van der Waals surface area (Å²) in [5, 5.41) is 0. The van der Waals surface area contributed by atoms with E-state index in [0.29, 0.717) is 48.8 Å². The molecule has 0 aromatic heterocycles. The maximum Gasteiger partial charge on any atom is 0.499 e. The van der Waals surface area contributed by atoms with Crippen LogP contribution in [0, 0.1) is 0 Å². The summed E-state index contributed by atoms with van der Waals surface area (Å²) in [6.45, 7) is 9.40. The van der Waals surface area contributed by atoms with E-state index in [4.69, 9.17) is 23.5 Å². The molecule has 7 heteroatoms. The van der Waals surface area contributed by atoms with Gasteiger partial charge in [0.2, 0.25) is 0 Å². The van der Waals surface area contributed by atoms with Crippen molar-refractivity contribution in [2.75, 3.05) is 20.3 Å². The molecule has 6 nitrogen and oxygen atoms in total. The summed E-state index contributed by atoms with van der Waals surface area (Å²) in [6.07, 6.45) is 1.47. The zero-order valence-electron chi connectivity index (χ0n) is 19.0. The predicted octanol–water partition coefficient (Wildman–Crippen LogP) is 3.79. The SMILES string of the molecule is COc1ccc(C=O)c(B2OC(C)(C)C(C)(C)O2)c1OCCCOCc1ccccc1. The molecule has 1 heterocycles. The molecule has 1 aliphatic heterocycles. The molecule has 1 aliphatic rings. The Kier molecular flexibility index (Phi) is 7.41. The summed E-state index contributed by atoms with van der Waals surface area (Å²) < 4.78 is 29.7. The van der Waals surface area contributed by atoms with Gasteiger partial charge in [0.15, 0.2) is 11.5 Å². The minimum absolute atomic E-state index is 0.403. The quantitative estimate of drug-likeness (QED) is 0.327. The average Bonchev–Trinajstić information content (AvgIpc) is 2.97. The molecular weight excluding hydrogens is 395 g/mol. The van der Waals surface area contributed by atoms with Crippen LogP contribution in [0.4, 0.5) is 0 Å². The van der Waals surface area contributed by atoms with Gasteiger partial charge in [0.05, 0.1) is 38.1 Å². The first-order valence-corrected chi connectivity index (χ1v) is 10.6. The second kappa shape index (κ2) is 9.85. The molecular formula is C24H31BO6. The Balaban J connectivity index is 1.69. The van der Waals surface area contributed by atoms with E-state index < -0.39 is 18.3 Å². The highest BCUT2D eigenvalue weighted by Crippen LogP contribution is 2.38. The van der Waals surface area contributed by atoms with Gasteiger partial charge in [0, 0.05) is 17.4 Å². The van der Waals surface area contributed by atoms with Crippen LogP contribution in [-0.2, 0) is 20.7 Å². The Bertz CT molecular complexity index is 865. The minimum atomic E-state index is -0.732. The summed E-state index contributed by atoms with van der Waals surface area (Å²) >= 11 is 0. The lowest BCUT2D eigenvalue weighted by atomic mass is 9.75. The van der Waals surface area contributed by atoms with Crippen LogP contribution in [0.25, 0.3) is 0 Å². The zero-order valence-corrected chi connectivity index (χ0v) is 19.0. The Hall–Kier alpha value is -2.35. The largest absolute Gasteiger partial charge is 0.499 e. The van der Waals surface area contributed by atoms with Gasteiger partial charge in [-0.05, 0) is 45.4 Å². The highest BCUT2D eigenvalue weighted by Gasteiger charge is 2.53. The van der Waals surface area contributed by atoms with Crippen LogP contribution in [0.3, 0.4) is 0 Å². The number of hydrogen-bond acceptors (Lipinski definition) is 6. The van der Waals surface area contributed by atoms with E-state index in [1.54, 1.807) is 19.2 Å². The molecule has 2 aromatic rings. The summed E-state index contributed by atoms with van der Waals surface area (Å²) in [7, 11) is 0.837. The van der Waals surface area contributed by atoms with Crippen LogP contribution < -0.4 is 14.9 Å². The van der Waals surface area contributed by atoms with E-state index in [0.717, 1.165) is 11.8 Å². The van der Waals surface area contributed by atoms with Crippen LogP contribution in [0.1, 0.15) is 50.0 Å². The molecule has 2 aromatic carbocycles. The van der Waals surface area contributed by atoms with Crippen molar-refractivity contribution in [3.63, 3.8) is 0 Å². The molecule has 0 N–H and O–H groups in total. The molecule has 1 saturated heterocycles. The Morgan fingerprint density at radius 2 is 1.65 bits per heavy atom. The zero-order chi connectivity index (χ0) is 22.5. The molecule has 1 fully saturated rings. The average molecular weight is 426 g/mol. The Labute approximate surface area is 184 Å². The third kappa shape index (κ3) is 5.29. The third-order valence-corrected chi connectivity index (χ3v) is 5.82. The van der Waals surface area contributed by atoms with Crippen LogP contribution >= 0.6 is 0 Å². The van der Waals surface area contributed by atoms with Crippen molar-refractivity contribution in [1.29, 1.82) is 0 Å². The maximum atomic E-state index is 11.8. The number of carbonyl (C=O) groups excluding carboxylic acids is 1. The van der Waals surface area contributed by atoms with Crippen molar-refractivity contribution >= 4 is 18.9 Å². The molecule has 166 valence electrons. The fourth-order valence-corrected chi connectivity index (χ4v) is 3.31. The fraction of sp³-hybridized carbons (Fsp3) is 0.458. The topological polar surface area (TPSA) is 63.2 Å². The number of benzene rings is 2. The lowest BCUT2D eigenvalue weighted by Crippen LogP contribution is -2.41. The molecule has 0 unspecified atom stereocenters. The summed E-state index contributed by atoms with van der Waals surface area (Å²) in [5.41, 5.74) is 1.06. The van der Waals surface area contributed by atoms with Crippen LogP contribution in [0.2, 0.25) is 0 Å². The van der Waals surface area contributed by atoms with Crippen molar-refractivity contribution in [2.24, 2.45) is 0 Å². The summed E-state index contributed by atoms with van der Waals surface area (Å²) in [6, 6.07) is 13.4. The number of ether oxygens (including phenoxy) is 3. The first kappa shape index (κ1) is 23.3. The number of hydrogen-bond donors (Lipinski definition) is 0. The first-order chi connectivity index (χ1) is 14.8. The predicted molar refractivity (Wildman–Crippen MR) is 120 cm³/mol. The second-order valence-corrected chi connectivity index (χ2v) is 8.55. The highest BCUT2D eigenvalue weighted by atomic mass is 16.7. The normalized spacial score (nSPS) is 16.9. The third-order valence-electron chi connectivity index (χ3n) is 5.82. The number of aldehydes is 1. The van der Waals surface area contributed by atoms with E-state index in [-0.39, 0.29) is 0 Å². The molecule has 0 radical (unpaired) electrons. The first-order valence-electron chi connectivity index (χ1n) is 10.6. The van der Waals surface area contributed by atoms with Gasteiger partial charge in [0.1, 0.15) is 6.29 Å². The number of carbonyl (C=O) groups is 1. The van der Waals surface area contributed by atoms with Gasteiger partial charge in [0.25, 0.3) is 0 Å². The van der Waals surface area contributed by atoms with E-state index >= 15 is 0 Å². The number of methoxy groups -OCH3 is 1. The molecule has 0 bridgehead atoms. The molecule has 0 amide bonds. The van der Waals surface area contributed by atoms with Crippen molar-refractivity contribution in [2.45, 2.75) is 51.9 Å². The van der Waals surface area contributed by atoms with E-state index in [9.17, 15) is 4.79 Å². The van der Waals surface area contributed by atoms with Gasteiger partial charge < -0.3 is 23.5 Å². The lowest BCUT2D eigenvalue weighted by molar-refractivity contribution is 0.00578. The van der Waals surface area contributed by atoms with Crippen molar-refractivity contribution in [1.82, 2.24) is 0 Å². The monoisotopic (exact) mass is 426 g/mol. The van der Waals surface area contributed by atoms with Crippen molar-refractivity contribution in [3.05, 3.63) is 53.6 Å². The van der Waals surface area contributed by atoms with Crippen molar-refractivity contribution < 1.29 is 28.3 Å². The molecule has 3 rings (SSSR count).